The zero-order valence-corrected chi connectivity index (χ0v) is 7.06. The Balaban J connectivity index is 2.43. The summed E-state index contributed by atoms with van der Waals surface area (Å²) in [6.07, 6.45) is 1.18. The van der Waals surface area contributed by atoms with Crippen LogP contribution in [-0.2, 0) is 11.2 Å². The first kappa shape index (κ1) is 7.55. The quantitative estimate of drug-likeness (QED) is 0.620. The summed E-state index contributed by atoms with van der Waals surface area (Å²) in [6.45, 7) is 0. The summed E-state index contributed by atoms with van der Waals surface area (Å²) in [4.78, 5) is 15.0. The Hall–Kier alpha value is -1.09. The Kier molecular flexibility index (Phi) is 1.73. The number of rotatable bonds is 0. The molecule has 1 aliphatic heterocycles. The maximum Gasteiger partial charge on any atom is 0.224 e. The second-order valence-electron chi connectivity index (χ2n) is 2.68. The number of nitrogens with zero attached hydrogens (tertiary/aromatic N) is 1. The highest BCUT2D eigenvalue weighted by Gasteiger charge is 2.15. The van der Waals surface area contributed by atoms with Gasteiger partial charge in [-0.05, 0) is 12.1 Å². The van der Waals surface area contributed by atoms with E-state index in [2.05, 4.69) is 10.3 Å². The van der Waals surface area contributed by atoms with Gasteiger partial charge in [0.1, 0.15) is 5.15 Å². The summed E-state index contributed by atoms with van der Waals surface area (Å²) in [6, 6.07) is 3.45. The molecular formula is C8H7ClN2O. The molecule has 2 heterocycles. The summed E-state index contributed by atoms with van der Waals surface area (Å²) in [5, 5.41) is 3.20. The average molecular weight is 183 g/mol. The molecule has 0 saturated carbocycles. The van der Waals surface area contributed by atoms with Gasteiger partial charge in [-0.15, -0.1) is 0 Å². The van der Waals surface area contributed by atoms with Crippen molar-refractivity contribution in [3.63, 3.8) is 0 Å². The number of nitrogens with one attached hydrogen (secondary N) is 1. The van der Waals surface area contributed by atoms with E-state index in [-0.39, 0.29) is 5.91 Å². The molecule has 2 rings (SSSR count). The Morgan fingerprint density at radius 3 is 3.08 bits per heavy atom. The van der Waals surface area contributed by atoms with E-state index in [9.17, 15) is 4.79 Å². The smallest absolute Gasteiger partial charge is 0.224 e. The number of amides is 1. The van der Waals surface area contributed by atoms with Gasteiger partial charge >= 0.3 is 0 Å². The van der Waals surface area contributed by atoms with Crippen molar-refractivity contribution in [1.29, 1.82) is 0 Å². The highest BCUT2D eigenvalue weighted by Crippen LogP contribution is 2.21. The lowest BCUT2D eigenvalue weighted by atomic mass is 10.1. The van der Waals surface area contributed by atoms with Gasteiger partial charge in [0.2, 0.25) is 5.91 Å². The maximum atomic E-state index is 10.9. The van der Waals surface area contributed by atoms with Gasteiger partial charge in [0.25, 0.3) is 0 Å². The van der Waals surface area contributed by atoms with Crippen LogP contribution in [0.1, 0.15) is 12.1 Å². The minimum atomic E-state index is 0.0478. The van der Waals surface area contributed by atoms with E-state index < -0.39 is 0 Å². The number of aromatic nitrogens is 1. The van der Waals surface area contributed by atoms with E-state index in [1.54, 1.807) is 12.1 Å². The molecule has 4 heteroatoms. The van der Waals surface area contributed by atoms with Crippen molar-refractivity contribution >= 4 is 23.2 Å². The molecule has 3 nitrogen and oxygen atoms in total. The maximum absolute atomic E-state index is 10.9. The molecule has 1 aliphatic rings. The zero-order chi connectivity index (χ0) is 8.55. The summed E-state index contributed by atoms with van der Waals surface area (Å²) >= 11 is 5.69. The Morgan fingerprint density at radius 1 is 1.42 bits per heavy atom. The second-order valence-corrected chi connectivity index (χ2v) is 3.06. The van der Waals surface area contributed by atoms with Crippen molar-refractivity contribution < 1.29 is 4.79 Å². The Bertz CT molecular complexity index is 338. The summed E-state index contributed by atoms with van der Waals surface area (Å²) in [7, 11) is 0. The fraction of sp³-hybridized carbons (Fsp3) is 0.250. The molecule has 0 radical (unpaired) electrons. The number of fused-ring (bicyclic) bond motifs is 1. The van der Waals surface area contributed by atoms with Crippen molar-refractivity contribution in [3.8, 4) is 0 Å². The molecule has 12 heavy (non-hydrogen) atoms. The number of aryl methyl sites for hydroxylation is 1. The lowest BCUT2D eigenvalue weighted by Gasteiger charge is -2.14. The van der Waals surface area contributed by atoms with Crippen molar-refractivity contribution in [2.45, 2.75) is 12.8 Å². The van der Waals surface area contributed by atoms with Crippen LogP contribution < -0.4 is 5.32 Å². The van der Waals surface area contributed by atoms with Crippen LogP contribution in [0, 0.1) is 0 Å². The minimum Gasteiger partial charge on any atom is -0.324 e. The van der Waals surface area contributed by atoms with Gasteiger partial charge in [-0.3, -0.25) is 4.79 Å². The topological polar surface area (TPSA) is 42.0 Å². The zero-order valence-electron chi connectivity index (χ0n) is 6.30. The van der Waals surface area contributed by atoms with E-state index in [4.69, 9.17) is 11.6 Å². The third-order valence-electron chi connectivity index (χ3n) is 1.80. The molecular weight excluding hydrogens is 176 g/mol. The number of hydrogen-bond donors (Lipinski definition) is 1. The molecule has 0 fully saturated rings. The lowest BCUT2D eigenvalue weighted by molar-refractivity contribution is -0.116. The fourth-order valence-corrected chi connectivity index (χ4v) is 1.39. The van der Waals surface area contributed by atoms with Gasteiger partial charge in [0, 0.05) is 12.8 Å². The fourth-order valence-electron chi connectivity index (χ4n) is 1.22. The van der Waals surface area contributed by atoms with Gasteiger partial charge in [0.15, 0.2) is 0 Å². The molecule has 0 bridgehead atoms. The summed E-state index contributed by atoms with van der Waals surface area (Å²) in [5.74, 6) is 0.0478. The number of hydrogen-bond acceptors (Lipinski definition) is 2. The highest BCUT2D eigenvalue weighted by molar-refractivity contribution is 6.29. The first-order chi connectivity index (χ1) is 5.75. The van der Waals surface area contributed by atoms with E-state index in [1.807, 2.05) is 0 Å². The number of pyridine rings is 1. The average Bonchev–Trinajstić information content (AvgIpc) is 2.05. The predicted octanol–water partition coefficient (Wildman–Crippen LogP) is 1.62. The summed E-state index contributed by atoms with van der Waals surface area (Å²) < 4.78 is 0. The normalized spacial score (nSPS) is 15.2. The molecule has 62 valence electrons. The number of carbonyl (C=O) groups excluding carboxylic acids is 1. The molecule has 1 aromatic rings. The van der Waals surface area contributed by atoms with Crippen LogP contribution in [0.25, 0.3) is 0 Å². The van der Waals surface area contributed by atoms with Crippen molar-refractivity contribution in [2.24, 2.45) is 0 Å². The molecule has 0 aromatic carbocycles. The van der Waals surface area contributed by atoms with Crippen LogP contribution in [0.5, 0.6) is 0 Å². The van der Waals surface area contributed by atoms with Gasteiger partial charge in [0.05, 0.1) is 11.4 Å². The molecule has 0 spiro atoms. The van der Waals surface area contributed by atoms with Gasteiger partial charge < -0.3 is 5.32 Å². The van der Waals surface area contributed by atoms with E-state index >= 15 is 0 Å². The van der Waals surface area contributed by atoms with Crippen LogP contribution in [0.2, 0.25) is 5.15 Å². The first-order valence-electron chi connectivity index (χ1n) is 3.71. The highest BCUT2D eigenvalue weighted by atomic mass is 35.5. The predicted molar refractivity (Wildman–Crippen MR) is 46.2 cm³/mol. The molecule has 0 unspecified atom stereocenters. The second kappa shape index (κ2) is 2.75. The molecule has 0 saturated heterocycles. The van der Waals surface area contributed by atoms with Gasteiger partial charge in [-0.2, -0.15) is 0 Å². The standard InChI is InChI=1S/C8H7ClN2O/c9-7-3-1-6-5(10-7)2-4-8(12)11-6/h1,3H,2,4H2,(H,11,12). The summed E-state index contributed by atoms with van der Waals surface area (Å²) in [5.41, 5.74) is 1.66. The molecule has 1 aromatic heterocycles. The lowest BCUT2D eigenvalue weighted by Crippen LogP contribution is -2.19. The SMILES string of the molecule is O=C1CCc2nc(Cl)ccc2N1. The van der Waals surface area contributed by atoms with Crippen molar-refractivity contribution in [3.05, 3.63) is 23.0 Å². The Labute approximate surface area is 74.8 Å². The van der Waals surface area contributed by atoms with Crippen molar-refractivity contribution in [1.82, 2.24) is 4.98 Å². The first-order valence-corrected chi connectivity index (χ1v) is 4.09. The molecule has 1 amide bonds. The van der Waals surface area contributed by atoms with Crippen LogP contribution in [0.4, 0.5) is 5.69 Å². The third kappa shape index (κ3) is 1.28. The van der Waals surface area contributed by atoms with E-state index in [0.717, 1.165) is 11.4 Å². The Morgan fingerprint density at radius 2 is 2.25 bits per heavy atom. The number of anilines is 1. The van der Waals surface area contributed by atoms with Crippen LogP contribution in [0.15, 0.2) is 12.1 Å². The van der Waals surface area contributed by atoms with Crippen LogP contribution in [-0.4, -0.2) is 10.9 Å². The molecule has 0 aliphatic carbocycles. The van der Waals surface area contributed by atoms with Gasteiger partial charge in [-0.25, -0.2) is 4.98 Å². The molecule has 0 atom stereocenters. The van der Waals surface area contributed by atoms with Gasteiger partial charge in [-0.1, -0.05) is 11.6 Å². The minimum absolute atomic E-state index is 0.0478. The van der Waals surface area contributed by atoms with Crippen LogP contribution >= 0.6 is 11.6 Å². The third-order valence-corrected chi connectivity index (χ3v) is 2.01. The monoisotopic (exact) mass is 182 g/mol. The van der Waals surface area contributed by atoms with Crippen molar-refractivity contribution in [2.75, 3.05) is 5.32 Å². The molecule has 1 N–H and O–H groups in total. The number of halogens is 1. The van der Waals surface area contributed by atoms with E-state index in [1.165, 1.54) is 0 Å². The largest absolute Gasteiger partial charge is 0.324 e. The van der Waals surface area contributed by atoms with Crippen LogP contribution in [0.3, 0.4) is 0 Å². The number of carbonyl (C=O) groups is 1. The van der Waals surface area contributed by atoms with E-state index in [0.29, 0.717) is 18.0 Å².